The van der Waals surface area contributed by atoms with E-state index >= 15 is 0 Å². The van der Waals surface area contributed by atoms with E-state index in [1.165, 1.54) is 34.1 Å². The molecule has 0 saturated carbocycles. The lowest BCUT2D eigenvalue weighted by atomic mass is 9.87. The molecule has 2 heterocycles. The molecule has 46 heavy (non-hydrogen) atoms. The third-order valence-corrected chi connectivity index (χ3v) is 7.35. The molecule has 2 aromatic rings. The molecule has 14 nitrogen and oxygen atoms in total. The van der Waals surface area contributed by atoms with Crippen LogP contribution in [0.4, 0.5) is 21.0 Å². The summed E-state index contributed by atoms with van der Waals surface area (Å²) in [6, 6.07) is 12.2. The second kappa shape index (κ2) is 14.7. The number of carbonyl (C=O) groups is 3. The van der Waals surface area contributed by atoms with Crippen LogP contribution in [0.15, 0.2) is 48.5 Å². The summed E-state index contributed by atoms with van der Waals surface area (Å²) in [5.74, 6) is -0.569. The van der Waals surface area contributed by atoms with Crippen molar-refractivity contribution in [3.05, 3.63) is 79.9 Å². The zero-order valence-corrected chi connectivity index (χ0v) is 27.0. The SMILES string of the molecule is CC(C)(C)OC(=O)N1CCC(c2ccc([N+](=O)[O-])cc2)C(=O)C1.CC(C)(C)OC(=O)N1CCC(c2ccc([N+](=O)[O-])cc2)C(O)C1. The van der Waals surface area contributed by atoms with Gasteiger partial charge in [0, 0.05) is 49.2 Å². The first-order valence-electron chi connectivity index (χ1n) is 15.0. The van der Waals surface area contributed by atoms with Gasteiger partial charge in [0.1, 0.15) is 11.2 Å². The summed E-state index contributed by atoms with van der Waals surface area (Å²) < 4.78 is 10.6. The number of rotatable bonds is 4. The molecule has 2 amide bonds. The number of nitrogens with zero attached hydrogens (tertiary/aromatic N) is 4. The third-order valence-electron chi connectivity index (χ3n) is 7.35. The van der Waals surface area contributed by atoms with Crippen molar-refractivity contribution in [3.63, 3.8) is 0 Å². The van der Waals surface area contributed by atoms with Crippen LogP contribution in [-0.4, -0.2) is 86.2 Å². The molecule has 2 aliphatic rings. The lowest BCUT2D eigenvalue weighted by Gasteiger charge is -2.36. The number of β-amino-alcohol motifs (C(OH)–C–C–N with tert-alkyl or cyclic N) is 1. The van der Waals surface area contributed by atoms with E-state index in [0.29, 0.717) is 25.9 Å². The first-order chi connectivity index (χ1) is 21.3. The molecular weight excluding hydrogens is 600 g/mol. The summed E-state index contributed by atoms with van der Waals surface area (Å²) in [6.07, 6.45) is -0.585. The summed E-state index contributed by atoms with van der Waals surface area (Å²) in [6.45, 7) is 11.8. The van der Waals surface area contributed by atoms with Crippen LogP contribution < -0.4 is 0 Å². The maximum Gasteiger partial charge on any atom is 0.410 e. The van der Waals surface area contributed by atoms with Crippen molar-refractivity contribution in [1.82, 2.24) is 9.80 Å². The molecule has 0 aliphatic carbocycles. The number of carbonyl (C=O) groups excluding carboxylic acids is 3. The maximum atomic E-state index is 12.3. The molecule has 250 valence electrons. The van der Waals surface area contributed by atoms with Gasteiger partial charge in [-0.05, 0) is 65.5 Å². The maximum absolute atomic E-state index is 12.3. The van der Waals surface area contributed by atoms with Gasteiger partial charge in [0.15, 0.2) is 5.78 Å². The largest absolute Gasteiger partial charge is 0.444 e. The second-order valence-corrected chi connectivity index (χ2v) is 13.3. The van der Waals surface area contributed by atoms with Gasteiger partial charge < -0.3 is 24.4 Å². The molecule has 14 heteroatoms. The number of nitro benzene ring substituents is 2. The van der Waals surface area contributed by atoms with E-state index in [1.54, 1.807) is 65.8 Å². The van der Waals surface area contributed by atoms with Crippen molar-refractivity contribution < 1.29 is 38.8 Å². The number of non-ortho nitro benzene ring substituents is 2. The first kappa shape index (κ1) is 35.9. The Hall–Kier alpha value is -4.59. The number of hydrogen-bond donors (Lipinski definition) is 1. The van der Waals surface area contributed by atoms with E-state index in [4.69, 9.17) is 9.47 Å². The van der Waals surface area contributed by atoms with Gasteiger partial charge in [0.05, 0.1) is 29.0 Å². The topological polar surface area (TPSA) is 183 Å². The molecule has 0 radical (unpaired) electrons. The summed E-state index contributed by atoms with van der Waals surface area (Å²) in [7, 11) is 0. The van der Waals surface area contributed by atoms with E-state index < -0.39 is 39.3 Å². The van der Waals surface area contributed by atoms with Gasteiger partial charge >= 0.3 is 12.2 Å². The number of Topliss-reactive ketones (excluding diaryl/α,β-unsaturated/α-hetero) is 1. The monoisotopic (exact) mass is 642 g/mol. The van der Waals surface area contributed by atoms with Crippen molar-refractivity contribution in [2.24, 2.45) is 0 Å². The minimum absolute atomic E-state index is 0.00341. The number of ether oxygens (including phenoxy) is 2. The average Bonchev–Trinajstić information content (AvgIpc) is 2.96. The number of benzene rings is 2. The van der Waals surface area contributed by atoms with E-state index in [0.717, 1.165) is 11.1 Å². The quantitative estimate of drug-likeness (QED) is 0.327. The van der Waals surface area contributed by atoms with Gasteiger partial charge in [-0.25, -0.2) is 9.59 Å². The second-order valence-electron chi connectivity index (χ2n) is 13.3. The summed E-state index contributed by atoms with van der Waals surface area (Å²) in [5, 5.41) is 31.7. The summed E-state index contributed by atoms with van der Waals surface area (Å²) >= 11 is 0. The number of hydrogen-bond acceptors (Lipinski definition) is 10. The molecule has 4 rings (SSSR count). The normalized spacial score (nSPS) is 20.2. The van der Waals surface area contributed by atoms with Crippen molar-refractivity contribution in [3.8, 4) is 0 Å². The van der Waals surface area contributed by atoms with Crippen LogP contribution in [0.1, 0.15) is 77.3 Å². The van der Waals surface area contributed by atoms with Crippen LogP contribution in [-0.2, 0) is 14.3 Å². The Kier molecular flexibility index (Phi) is 11.4. The highest BCUT2D eigenvalue weighted by Crippen LogP contribution is 2.31. The van der Waals surface area contributed by atoms with E-state index in [9.17, 15) is 39.7 Å². The smallest absolute Gasteiger partial charge is 0.410 e. The molecule has 2 fully saturated rings. The minimum atomic E-state index is -0.724. The number of piperidine rings is 2. The third kappa shape index (κ3) is 10.2. The highest BCUT2D eigenvalue weighted by molar-refractivity contribution is 5.91. The number of ketones is 1. The van der Waals surface area contributed by atoms with Gasteiger partial charge in [0.2, 0.25) is 0 Å². The Bertz CT molecular complexity index is 1410. The number of aliphatic hydroxyl groups excluding tert-OH is 1. The van der Waals surface area contributed by atoms with Gasteiger partial charge in [-0.1, -0.05) is 24.3 Å². The van der Waals surface area contributed by atoms with Crippen LogP contribution in [0.3, 0.4) is 0 Å². The van der Waals surface area contributed by atoms with Crippen molar-refractivity contribution in [2.45, 2.75) is 83.5 Å². The lowest BCUT2D eigenvalue weighted by molar-refractivity contribution is -0.385. The molecule has 0 spiro atoms. The number of nitro groups is 2. The van der Waals surface area contributed by atoms with Crippen LogP contribution in [0, 0.1) is 20.2 Å². The Labute approximate surface area is 267 Å². The van der Waals surface area contributed by atoms with Crippen LogP contribution in [0.25, 0.3) is 0 Å². The zero-order valence-electron chi connectivity index (χ0n) is 27.0. The predicted octanol–water partition coefficient (Wildman–Crippen LogP) is 5.57. The Morgan fingerprint density at radius 1 is 0.761 bits per heavy atom. The molecular formula is C32H42N4O10. The summed E-state index contributed by atoms with van der Waals surface area (Å²) in [5.41, 5.74) is 0.422. The Balaban J connectivity index is 0.000000250. The molecule has 3 unspecified atom stereocenters. The molecule has 3 atom stereocenters. The highest BCUT2D eigenvalue weighted by atomic mass is 16.6. The fourth-order valence-electron chi connectivity index (χ4n) is 5.14. The number of amides is 2. The number of aliphatic hydroxyl groups is 1. The lowest BCUT2D eigenvalue weighted by Crippen LogP contribution is -2.47. The molecule has 2 saturated heterocycles. The van der Waals surface area contributed by atoms with Crippen LogP contribution in [0.2, 0.25) is 0 Å². The first-order valence-corrected chi connectivity index (χ1v) is 15.0. The molecule has 2 aliphatic heterocycles. The predicted molar refractivity (Wildman–Crippen MR) is 168 cm³/mol. The van der Waals surface area contributed by atoms with Gasteiger partial charge in [-0.3, -0.25) is 25.0 Å². The zero-order chi connectivity index (χ0) is 34.4. The Morgan fingerprint density at radius 3 is 1.61 bits per heavy atom. The average molecular weight is 643 g/mol. The molecule has 2 aromatic carbocycles. The molecule has 1 N–H and O–H groups in total. The molecule has 0 aromatic heterocycles. The molecule has 0 bridgehead atoms. The standard InChI is InChI=1S/C16H22N2O5.C16H20N2O5/c2*1-16(2,3)23-15(20)17-9-8-13(14(19)10-17)11-4-6-12(7-5-11)18(21)22/h4-7,13-14,19H,8-10H2,1-3H3;4-7,13H,8-10H2,1-3H3. The van der Waals surface area contributed by atoms with E-state index in [1.807, 2.05) is 0 Å². The van der Waals surface area contributed by atoms with Gasteiger partial charge in [-0.15, -0.1) is 0 Å². The fourth-order valence-corrected chi connectivity index (χ4v) is 5.14. The van der Waals surface area contributed by atoms with Crippen LogP contribution >= 0.6 is 0 Å². The minimum Gasteiger partial charge on any atom is -0.444 e. The van der Waals surface area contributed by atoms with Gasteiger partial charge in [-0.2, -0.15) is 0 Å². The highest BCUT2D eigenvalue weighted by Gasteiger charge is 2.34. The fraction of sp³-hybridized carbons (Fsp3) is 0.531. The van der Waals surface area contributed by atoms with Gasteiger partial charge in [0.25, 0.3) is 11.4 Å². The summed E-state index contributed by atoms with van der Waals surface area (Å²) in [4.78, 5) is 59.7. The van der Waals surface area contributed by atoms with E-state index in [-0.39, 0.29) is 42.1 Å². The van der Waals surface area contributed by atoms with Crippen molar-refractivity contribution in [2.75, 3.05) is 26.2 Å². The van der Waals surface area contributed by atoms with Crippen LogP contribution in [0.5, 0.6) is 0 Å². The number of likely N-dealkylation sites (tertiary alicyclic amines) is 2. The van der Waals surface area contributed by atoms with E-state index in [2.05, 4.69) is 0 Å². The Morgan fingerprint density at radius 2 is 1.20 bits per heavy atom. The van der Waals surface area contributed by atoms with Crippen molar-refractivity contribution >= 4 is 29.3 Å². The van der Waals surface area contributed by atoms with Crippen molar-refractivity contribution in [1.29, 1.82) is 0 Å².